The molecular formula is C20H17N3O2S. The number of carbonyl (C=O) groups excluding carboxylic acids is 2. The zero-order valence-corrected chi connectivity index (χ0v) is 14.8. The van der Waals surface area contributed by atoms with Gasteiger partial charge in [0.1, 0.15) is 10.7 Å². The summed E-state index contributed by atoms with van der Waals surface area (Å²) in [5.74, 6) is -0.131. The third kappa shape index (κ3) is 3.36. The summed E-state index contributed by atoms with van der Waals surface area (Å²) in [5, 5.41) is 5.44. The maximum absolute atomic E-state index is 12.5. The monoisotopic (exact) mass is 363 g/mol. The van der Waals surface area contributed by atoms with Crippen LogP contribution in [0.3, 0.4) is 0 Å². The Bertz CT molecular complexity index is 952. The molecule has 130 valence electrons. The molecule has 0 bridgehead atoms. The van der Waals surface area contributed by atoms with E-state index in [-0.39, 0.29) is 11.8 Å². The predicted molar refractivity (Wildman–Crippen MR) is 104 cm³/mol. The first-order valence-electron chi connectivity index (χ1n) is 8.43. The number of rotatable bonds is 4. The van der Waals surface area contributed by atoms with Crippen LogP contribution in [0.5, 0.6) is 0 Å². The molecule has 26 heavy (non-hydrogen) atoms. The highest BCUT2D eigenvalue weighted by Crippen LogP contribution is 2.26. The maximum atomic E-state index is 12.5. The summed E-state index contributed by atoms with van der Waals surface area (Å²) >= 11 is 1.44. The van der Waals surface area contributed by atoms with Crippen molar-refractivity contribution in [1.29, 1.82) is 0 Å². The lowest BCUT2D eigenvalue weighted by Crippen LogP contribution is -2.23. The second-order valence-corrected chi connectivity index (χ2v) is 6.92. The van der Waals surface area contributed by atoms with Crippen LogP contribution in [0.2, 0.25) is 0 Å². The van der Waals surface area contributed by atoms with Crippen molar-refractivity contribution in [2.24, 2.45) is 0 Å². The molecular weight excluding hydrogens is 346 g/mol. The number of thiazole rings is 1. The highest BCUT2D eigenvalue weighted by molar-refractivity contribution is 7.13. The first kappa shape index (κ1) is 16.5. The zero-order chi connectivity index (χ0) is 17.9. The van der Waals surface area contributed by atoms with Crippen molar-refractivity contribution in [2.75, 3.05) is 16.8 Å². The fraction of sp³-hybridized carbons (Fsp3) is 0.150. The van der Waals surface area contributed by atoms with Crippen molar-refractivity contribution in [2.45, 2.75) is 12.8 Å². The number of nitrogens with one attached hydrogen (secondary N) is 1. The second kappa shape index (κ2) is 7.09. The highest BCUT2D eigenvalue weighted by atomic mass is 32.1. The van der Waals surface area contributed by atoms with Crippen molar-refractivity contribution < 1.29 is 9.59 Å². The van der Waals surface area contributed by atoms with E-state index in [0.29, 0.717) is 17.8 Å². The Morgan fingerprint density at radius 3 is 2.73 bits per heavy atom. The Kier molecular flexibility index (Phi) is 4.50. The van der Waals surface area contributed by atoms with E-state index in [1.165, 1.54) is 11.3 Å². The second-order valence-electron chi connectivity index (χ2n) is 6.06. The molecule has 1 fully saturated rings. The van der Waals surface area contributed by atoms with Crippen LogP contribution >= 0.6 is 11.3 Å². The van der Waals surface area contributed by atoms with Crippen LogP contribution in [0.25, 0.3) is 10.6 Å². The van der Waals surface area contributed by atoms with Gasteiger partial charge in [-0.2, -0.15) is 0 Å². The third-order valence-electron chi connectivity index (χ3n) is 4.25. The van der Waals surface area contributed by atoms with Crippen LogP contribution in [-0.2, 0) is 4.79 Å². The average Bonchev–Trinajstić information content (AvgIpc) is 3.32. The third-order valence-corrected chi connectivity index (χ3v) is 5.14. The lowest BCUT2D eigenvalue weighted by Gasteiger charge is -2.16. The number of benzene rings is 2. The van der Waals surface area contributed by atoms with Gasteiger partial charge in [0, 0.05) is 35.3 Å². The smallest absolute Gasteiger partial charge is 0.275 e. The van der Waals surface area contributed by atoms with Gasteiger partial charge < -0.3 is 10.2 Å². The zero-order valence-electron chi connectivity index (χ0n) is 14.0. The van der Waals surface area contributed by atoms with Gasteiger partial charge in [-0.05, 0) is 24.6 Å². The maximum Gasteiger partial charge on any atom is 0.275 e. The summed E-state index contributed by atoms with van der Waals surface area (Å²) in [5.41, 5.74) is 2.85. The van der Waals surface area contributed by atoms with Gasteiger partial charge in [-0.25, -0.2) is 4.98 Å². The normalized spacial score (nSPS) is 13.8. The van der Waals surface area contributed by atoms with Crippen molar-refractivity contribution >= 4 is 34.5 Å². The van der Waals surface area contributed by atoms with Crippen molar-refractivity contribution in [1.82, 2.24) is 4.98 Å². The molecule has 1 N–H and O–H groups in total. The fourth-order valence-electron chi connectivity index (χ4n) is 2.96. The van der Waals surface area contributed by atoms with Gasteiger partial charge >= 0.3 is 0 Å². The summed E-state index contributed by atoms with van der Waals surface area (Å²) in [7, 11) is 0. The van der Waals surface area contributed by atoms with E-state index in [1.807, 2.05) is 54.6 Å². The number of amides is 2. The van der Waals surface area contributed by atoms with Gasteiger partial charge in [0.25, 0.3) is 5.91 Å². The van der Waals surface area contributed by atoms with Crippen molar-refractivity contribution in [3.05, 3.63) is 65.7 Å². The standard InChI is InChI=1S/C20H17N3O2S/c24-18-10-5-11-23(18)16-9-4-8-15(12-16)21-19(25)17-13-26-20(22-17)14-6-2-1-3-7-14/h1-4,6-9,12-13H,5,10-11H2,(H,21,25). The highest BCUT2D eigenvalue weighted by Gasteiger charge is 2.22. The van der Waals surface area contributed by atoms with E-state index in [1.54, 1.807) is 10.3 Å². The van der Waals surface area contributed by atoms with Gasteiger partial charge in [-0.3, -0.25) is 9.59 Å². The number of hydrogen-bond acceptors (Lipinski definition) is 4. The lowest BCUT2D eigenvalue weighted by atomic mass is 10.2. The number of nitrogens with zero attached hydrogens (tertiary/aromatic N) is 2. The van der Waals surface area contributed by atoms with Gasteiger partial charge in [0.05, 0.1) is 0 Å². The molecule has 2 amide bonds. The van der Waals surface area contributed by atoms with E-state index in [0.717, 1.165) is 29.2 Å². The largest absolute Gasteiger partial charge is 0.321 e. The number of hydrogen-bond donors (Lipinski definition) is 1. The molecule has 1 aliphatic rings. The summed E-state index contributed by atoms with van der Waals surface area (Å²) < 4.78 is 0. The van der Waals surface area contributed by atoms with Gasteiger partial charge in [-0.1, -0.05) is 36.4 Å². The molecule has 1 saturated heterocycles. The SMILES string of the molecule is O=C(Nc1cccc(N2CCCC2=O)c1)c1csc(-c2ccccc2)n1. The van der Waals surface area contributed by atoms with Crippen LogP contribution < -0.4 is 10.2 Å². The summed E-state index contributed by atoms with van der Waals surface area (Å²) in [6.45, 7) is 0.725. The molecule has 5 nitrogen and oxygen atoms in total. The molecule has 2 heterocycles. The van der Waals surface area contributed by atoms with Crippen molar-refractivity contribution in [3.8, 4) is 10.6 Å². The number of carbonyl (C=O) groups is 2. The minimum absolute atomic E-state index is 0.125. The Morgan fingerprint density at radius 1 is 1.12 bits per heavy atom. The fourth-order valence-corrected chi connectivity index (χ4v) is 3.77. The number of anilines is 2. The van der Waals surface area contributed by atoms with Crippen LogP contribution in [0.1, 0.15) is 23.3 Å². The minimum atomic E-state index is -0.256. The first-order chi connectivity index (χ1) is 12.7. The Morgan fingerprint density at radius 2 is 1.96 bits per heavy atom. The Balaban J connectivity index is 1.50. The van der Waals surface area contributed by atoms with Crippen LogP contribution in [-0.4, -0.2) is 23.3 Å². The van der Waals surface area contributed by atoms with Crippen LogP contribution in [0, 0.1) is 0 Å². The molecule has 0 radical (unpaired) electrons. The van der Waals surface area contributed by atoms with Crippen LogP contribution in [0.15, 0.2) is 60.0 Å². The lowest BCUT2D eigenvalue weighted by molar-refractivity contribution is -0.117. The van der Waals surface area contributed by atoms with Crippen LogP contribution in [0.4, 0.5) is 11.4 Å². The molecule has 4 rings (SSSR count). The van der Waals surface area contributed by atoms with Gasteiger partial charge in [-0.15, -0.1) is 11.3 Å². The molecule has 2 aromatic carbocycles. The summed E-state index contributed by atoms with van der Waals surface area (Å²) in [4.78, 5) is 30.6. The molecule has 1 aliphatic heterocycles. The van der Waals surface area contributed by atoms with E-state index in [4.69, 9.17) is 0 Å². The Hall–Kier alpha value is -2.99. The Labute approximate surface area is 155 Å². The minimum Gasteiger partial charge on any atom is -0.321 e. The number of aromatic nitrogens is 1. The molecule has 3 aromatic rings. The summed E-state index contributed by atoms with van der Waals surface area (Å²) in [6, 6.07) is 17.1. The molecule has 0 spiro atoms. The molecule has 6 heteroatoms. The molecule has 0 unspecified atom stereocenters. The first-order valence-corrected chi connectivity index (χ1v) is 9.31. The van der Waals surface area contributed by atoms with Gasteiger partial charge in [0.2, 0.25) is 5.91 Å². The van der Waals surface area contributed by atoms with E-state index < -0.39 is 0 Å². The quantitative estimate of drug-likeness (QED) is 0.756. The van der Waals surface area contributed by atoms with E-state index >= 15 is 0 Å². The van der Waals surface area contributed by atoms with E-state index in [2.05, 4.69) is 10.3 Å². The molecule has 0 atom stereocenters. The van der Waals surface area contributed by atoms with Crippen molar-refractivity contribution in [3.63, 3.8) is 0 Å². The topological polar surface area (TPSA) is 62.3 Å². The molecule has 1 aromatic heterocycles. The van der Waals surface area contributed by atoms with Gasteiger partial charge in [0.15, 0.2) is 0 Å². The molecule has 0 aliphatic carbocycles. The summed E-state index contributed by atoms with van der Waals surface area (Å²) in [6.07, 6.45) is 1.45. The molecule has 0 saturated carbocycles. The predicted octanol–water partition coefficient (Wildman–Crippen LogP) is 4.19. The average molecular weight is 363 g/mol. The van der Waals surface area contributed by atoms with E-state index in [9.17, 15) is 9.59 Å².